The maximum atomic E-state index is 12.8. The third kappa shape index (κ3) is 4.95. The number of carbonyl (C=O) groups is 1. The largest absolute Gasteiger partial charge is 0.324 e. The molecule has 0 aromatic heterocycles. The van der Waals surface area contributed by atoms with Gasteiger partial charge in [0.2, 0.25) is 5.91 Å². The molecule has 1 amide bonds. The van der Waals surface area contributed by atoms with Gasteiger partial charge in [-0.05, 0) is 50.4 Å². The van der Waals surface area contributed by atoms with Crippen LogP contribution in [0.25, 0.3) is 0 Å². The van der Waals surface area contributed by atoms with Gasteiger partial charge in [0.25, 0.3) is 0 Å². The van der Waals surface area contributed by atoms with E-state index < -0.39 is 0 Å². The van der Waals surface area contributed by atoms with Gasteiger partial charge < -0.3 is 5.32 Å². The molecule has 5 heteroatoms. The van der Waals surface area contributed by atoms with Crippen LogP contribution in [-0.4, -0.2) is 29.9 Å². The van der Waals surface area contributed by atoms with Crippen molar-refractivity contribution in [3.05, 3.63) is 29.3 Å². The molecule has 0 spiro atoms. The molecule has 3 nitrogen and oxygen atoms in total. The Balaban J connectivity index is 2.10. The van der Waals surface area contributed by atoms with E-state index in [-0.39, 0.29) is 17.7 Å². The third-order valence-electron chi connectivity index (χ3n) is 4.53. The number of aryl methyl sites for hydroxylation is 1. The molecule has 1 heterocycles. The molecule has 1 aliphatic heterocycles. The normalized spacial score (nSPS) is 18.8. The van der Waals surface area contributed by atoms with Gasteiger partial charge in [0.15, 0.2) is 0 Å². The van der Waals surface area contributed by atoms with E-state index >= 15 is 0 Å². The minimum Gasteiger partial charge on any atom is -0.324 e. The van der Waals surface area contributed by atoms with Crippen LogP contribution in [0.15, 0.2) is 18.2 Å². The molecule has 1 fully saturated rings. The molecule has 0 bridgehead atoms. The molecule has 1 aliphatic rings. The Hall–Kier alpha value is -1.07. The second-order valence-corrected chi connectivity index (χ2v) is 6.76. The van der Waals surface area contributed by atoms with Gasteiger partial charge >= 0.3 is 0 Å². The summed E-state index contributed by atoms with van der Waals surface area (Å²) in [4.78, 5) is 15.1. The SMILES string of the molecule is CCCCN1CCCCC1C(=O)Nc1c(C)cccc1CSF. The number of anilines is 1. The fourth-order valence-corrected chi connectivity index (χ4v) is 3.57. The first kappa shape index (κ1) is 18.3. The van der Waals surface area contributed by atoms with Crippen molar-refractivity contribution in [1.29, 1.82) is 0 Å². The molecule has 1 atom stereocenters. The van der Waals surface area contributed by atoms with Crippen molar-refractivity contribution in [3.63, 3.8) is 0 Å². The first-order valence-corrected chi connectivity index (χ1v) is 9.43. The number of benzene rings is 1. The van der Waals surface area contributed by atoms with Crippen molar-refractivity contribution >= 4 is 23.7 Å². The van der Waals surface area contributed by atoms with Crippen molar-refractivity contribution in [2.75, 3.05) is 18.4 Å². The standard InChI is InChI=1S/C18H27FN2OS/c1-3-4-11-21-12-6-5-10-16(21)18(22)20-17-14(2)8-7-9-15(17)13-23-19/h7-9,16H,3-6,10-13H2,1-2H3,(H,20,22). The number of carbonyl (C=O) groups excluding carboxylic acids is 1. The zero-order chi connectivity index (χ0) is 16.7. The van der Waals surface area contributed by atoms with Crippen LogP contribution in [0.5, 0.6) is 0 Å². The van der Waals surface area contributed by atoms with Gasteiger partial charge in [0, 0.05) is 17.8 Å². The number of amides is 1. The smallest absolute Gasteiger partial charge is 0.241 e. The Kier molecular flexibility index (Phi) is 7.37. The highest BCUT2D eigenvalue weighted by Crippen LogP contribution is 2.27. The van der Waals surface area contributed by atoms with E-state index in [0.717, 1.165) is 55.6 Å². The van der Waals surface area contributed by atoms with Crippen LogP contribution in [0, 0.1) is 6.92 Å². The summed E-state index contributed by atoms with van der Waals surface area (Å²) in [6.07, 6.45) is 5.44. The van der Waals surface area contributed by atoms with Crippen molar-refractivity contribution in [2.24, 2.45) is 0 Å². The van der Waals surface area contributed by atoms with Gasteiger partial charge in [-0.1, -0.05) is 38.0 Å². The van der Waals surface area contributed by atoms with Crippen molar-refractivity contribution in [1.82, 2.24) is 4.90 Å². The highest BCUT2D eigenvalue weighted by molar-refractivity contribution is 7.93. The summed E-state index contributed by atoms with van der Waals surface area (Å²) >= 11 is 0.290. The maximum Gasteiger partial charge on any atom is 0.241 e. The average molecular weight is 338 g/mol. The highest BCUT2D eigenvalue weighted by Gasteiger charge is 2.28. The lowest BCUT2D eigenvalue weighted by Gasteiger charge is -2.34. The number of piperidine rings is 1. The molecule has 1 saturated heterocycles. The topological polar surface area (TPSA) is 32.3 Å². The summed E-state index contributed by atoms with van der Waals surface area (Å²) in [5.41, 5.74) is 2.62. The summed E-state index contributed by atoms with van der Waals surface area (Å²) in [5, 5.41) is 3.08. The molecule has 1 N–H and O–H groups in total. The van der Waals surface area contributed by atoms with Crippen LogP contribution in [-0.2, 0) is 10.5 Å². The average Bonchev–Trinajstić information content (AvgIpc) is 2.56. The van der Waals surface area contributed by atoms with Gasteiger partial charge in [-0.15, -0.1) is 0 Å². The van der Waals surface area contributed by atoms with Gasteiger partial charge in [-0.25, -0.2) is 0 Å². The highest BCUT2D eigenvalue weighted by atomic mass is 32.2. The summed E-state index contributed by atoms with van der Waals surface area (Å²) in [7, 11) is 0. The summed E-state index contributed by atoms with van der Waals surface area (Å²) in [6.45, 7) is 6.11. The van der Waals surface area contributed by atoms with Crippen LogP contribution >= 0.6 is 12.1 Å². The minimum absolute atomic E-state index is 0.0548. The van der Waals surface area contributed by atoms with Crippen LogP contribution in [0.4, 0.5) is 9.57 Å². The molecule has 0 radical (unpaired) electrons. The Morgan fingerprint density at radius 3 is 3.00 bits per heavy atom. The lowest BCUT2D eigenvalue weighted by Crippen LogP contribution is -2.47. The maximum absolute atomic E-state index is 12.8. The minimum atomic E-state index is -0.0548. The van der Waals surface area contributed by atoms with E-state index in [1.54, 1.807) is 0 Å². The second kappa shape index (κ2) is 9.28. The van der Waals surface area contributed by atoms with E-state index in [1.807, 2.05) is 25.1 Å². The number of halogens is 1. The van der Waals surface area contributed by atoms with Gasteiger partial charge in [-0.2, -0.15) is 3.89 Å². The quantitative estimate of drug-likeness (QED) is 0.782. The van der Waals surface area contributed by atoms with Crippen LogP contribution in [0.3, 0.4) is 0 Å². The number of rotatable bonds is 7. The van der Waals surface area contributed by atoms with E-state index in [2.05, 4.69) is 17.1 Å². The predicted molar refractivity (Wildman–Crippen MR) is 96.3 cm³/mol. The van der Waals surface area contributed by atoms with E-state index in [0.29, 0.717) is 12.1 Å². The molecule has 1 aromatic rings. The Labute approximate surface area is 143 Å². The molecule has 1 unspecified atom stereocenters. The lowest BCUT2D eigenvalue weighted by atomic mass is 10.00. The molecular weight excluding hydrogens is 311 g/mol. The number of hydrogen-bond donors (Lipinski definition) is 1. The Bertz CT molecular complexity index is 524. The third-order valence-corrected chi connectivity index (χ3v) is 4.95. The van der Waals surface area contributed by atoms with Crippen LogP contribution in [0.2, 0.25) is 0 Å². The summed E-state index contributed by atoms with van der Waals surface area (Å²) in [5.74, 6) is 0.321. The van der Waals surface area contributed by atoms with Crippen molar-refractivity contribution in [3.8, 4) is 0 Å². The molecule has 2 rings (SSSR count). The van der Waals surface area contributed by atoms with Crippen molar-refractivity contribution < 1.29 is 8.68 Å². The summed E-state index contributed by atoms with van der Waals surface area (Å²) in [6, 6.07) is 5.69. The van der Waals surface area contributed by atoms with E-state index in [9.17, 15) is 8.68 Å². The van der Waals surface area contributed by atoms with Crippen LogP contribution < -0.4 is 5.32 Å². The molecule has 23 heavy (non-hydrogen) atoms. The monoisotopic (exact) mass is 338 g/mol. The Morgan fingerprint density at radius 1 is 1.43 bits per heavy atom. The van der Waals surface area contributed by atoms with E-state index in [1.165, 1.54) is 6.42 Å². The number of nitrogens with zero attached hydrogens (tertiary/aromatic N) is 1. The lowest BCUT2D eigenvalue weighted by molar-refractivity contribution is -0.122. The second-order valence-electron chi connectivity index (χ2n) is 6.25. The predicted octanol–water partition coefficient (Wildman–Crippen LogP) is 4.71. The number of hydrogen-bond acceptors (Lipinski definition) is 3. The van der Waals surface area contributed by atoms with Crippen molar-refractivity contribution in [2.45, 2.75) is 57.7 Å². The van der Waals surface area contributed by atoms with Gasteiger partial charge in [0.1, 0.15) is 0 Å². The fourth-order valence-electron chi connectivity index (χ4n) is 3.21. The summed E-state index contributed by atoms with van der Waals surface area (Å²) < 4.78 is 12.7. The zero-order valence-corrected chi connectivity index (χ0v) is 14.9. The zero-order valence-electron chi connectivity index (χ0n) is 14.1. The fraction of sp³-hybridized carbons (Fsp3) is 0.611. The number of likely N-dealkylation sites (tertiary alicyclic amines) is 1. The number of para-hydroxylation sites is 1. The van der Waals surface area contributed by atoms with Gasteiger partial charge in [-0.3, -0.25) is 9.69 Å². The Morgan fingerprint density at radius 2 is 2.26 bits per heavy atom. The molecular formula is C18H27FN2OS. The molecule has 0 aliphatic carbocycles. The first-order valence-electron chi connectivity index (χ1n) is 8.54. The molecule has 1 aromatic carbocycles. The van der Waals surface area contributed by atoms with Crippen LogP contribution in [0.1, 0.15) is 50.2 Å². The number of nitrogens with one attached hydrogen (secondary N) is 1. The molecule has 0 saturated carbocycles. The van der Waals surface area contributed by atoms with E-state index in [4.69, 9.17) is 0 Å². The first-order chi connectivity index (χ1) is 11.2. The number of unbranched alkanes of at least 4 members (excludes halogenated alkanes) is 1. The molecule has 128 valence electrons. The van der Waals surface area contributed by atoms with Gasteiger partial charge in [0.05, 0.1) is 11.8 Å².